The summed E-state index contributed by atoms with van der Waals surface area (Å²) in [5, 5.41) is 12.8. The number of anilines is 1. The second-order valence-electron chi connectivity index (χ2n) is 6.61. The van der Waals surface area contributed by atoms with Crippen LogP contribution in [0, 0.1) is 5.41 Å². The van der Waals surface area contributed by atoms with Gasteiger partial charge in [-0.25, -0.2) is 9.97 Å². The van der Waals surface area contributed by atoms with E-state index in [2.05, 4.69) is 26.8 Å². The molecule has 1 saturated heterocycles. The van der Waals surface area contributed by atoms with Crippen LogP contribution in [0.3, 0.4) is 0 Å². The van der Waals surface area contributed by atoms with Crippen molar-refractivity contribution in [2.24, 2.45) is 5.41 Å². The van der Waals surface area contributed by atoms with Crippen LogP contribution in [0.2, 0.25) is 0 Å². The van der Waals surface area contributed by atoms with Gasteiger partial charge in [-0.1, -0.05) is 6.08 Å². The molecule has 23 heavy (non-hydrogen) atoms. The minimum Gasteiger partial charge on any atom is -0.481 e. The summed E-state index contributed by atoms with van der Waals surface area (Å²) < 4.78 is 0. The van der Waals surface area contributed by atoms with Gasteiger partial charge in [-0.3, -0.25) is 9.69 Å². The van der Waals surface area contributed by atoms with Crippen molar-refractivity contribution in [1.82, 2.24) is 14.9 Å². The zero-order chi connectivity index (χ0) is 16.9. The van der Waals surface area contributed by atoms with Gasteiger partial charge >= 0.3 is 5.97 Å². The van der Waals surface area contributed by atoms with Gasteiger partial charge in [0.15, 0.2) is 0 Å². The summed E-state index contributed by atoms with van der Waals surface area (Å²) in [5.74, 6) is -0.108. The van der Waals surface area contributed by atoms with E-state index in [4.69, 9.17) is 0 Å². The summed E-state index contributed by atoms with van der Waals surface area (Å²) in [6.07, 6.45) is 7.43. The Balaban J connectivity index is 2.02. The van der Waals surface area contributed by atoms with Gasteiger partial charge in [0.2, 0.25) is 5.95 Å². The summed E-state index contributed by atoms with van der Waals surface area (Å²) in [4.78, 5) is 22.5. The third-order valence-electron chi connectivity index (χ3n) is 4.17. The third-order valence-corrected chi connectivity index (χ3v) is 4.17. The lowest BCUT2D eigenvalue weighted by Crippen LogP contribution is -2.47. The van der Waals surface area contributed by atoms with Crippen LogP contribution in [0.1, 0.15) is 38.7 Å². The maximum Gasteiger partial charge on any atom is 0.311 e. The van der Waals surface area contributed by atoms with Crippen LogP contribution in [-0.4, -0.2) is 45.1 Å². The lowest BCUT2D eigenvalue weighted by atomic mass is 9.77. The monoisotopic (exact) mass is 318 g/mol. The van der Waals surface area contributed by atoms with Crippen molar-refractivity contribution in [3.05, 3.63) is 30.6 Å². The van der Waals surface area contributed by atoms with Crippen LogP contribution >= 0.6 is 0 Å². The summed E-state index contributed by atoms with van der Waals surface area (Å²) in [7, 11) is 0. The van der Waals surface area contributed by atoms with Crippen molar-refractivity contribution < 1.29 is 9.90 Å². The molecular weight excluding hydrogens is 292 g/mol. The van der Waals surface area contributed by atoms with E-state index < -0.39 is 11.4 Å². The predicted molar refractivity (Wildman–Crippen MR) is 90.2 cm³/mol. The first-order valence-electron chi connectivity index (χ1n) is 8.09. The molecule has 126 valence electrons. The molecule has 0 spiro atoms. The highest BCUT2D eigenvalue weighted by molar-refractivity contribution is 5.75. The topological polar surface area (TPSA) is 78.3 Å². The average Bonchev–Trinajstić information content (AvgIpc) is 2.49. The van der Waals surface area contributed by atoms with Gasteiger partial charge in [0.1, 0.15) is 0 Å². The van der Waals surface area contributed by atoms with Crippen LogP contribution in [-0.2, 0) is 11.3 Å². The number of likely N-dealkylation sites (tertiary alicyclic amines) is 1. The summed E-state index contributed by atoms with van der Waals surface area (Å²) in [6, 6.07) is 0.290. The fourth-order valence-electron chi connectivity index (χ4n) is 3.09. The summed E-state index contributed by atoms with van der Waals surface area (Å²) in [6.45, 7) is 9.91. The van der Waals surface area contributed by atoms with Gasteiger partial charge in [0.05, 0.1) is 5.41 Å². The van der Waals surface area contributed by atoms with Gasteiger partial charge in [-0.2, -0.15) is 0 Å². The summed E-state index contributed by atoms with van der Waals surface area (Å²) in [5.41, 5.74) is 0.291. The first-order chi connectivity index (χ1) is 10.9. The van der Waals surface area contributed by atoms with Crippen molar-refractivity contribution in [3.63, 3.8) is 0 Å². The number of aliphatic carboxylic acids is 1. The first-order valence-corrected chi connectivity index (χ1v) is 8.09. The van der Waals surface area contributed by atoms with Crippen LogP contribution in [0.5, 0.6) is 0 Å². The number of carbonyl (C=O) groups is 1. The van der Waals surface area contributed by atoms with E-state index >= 15 is 0 Å². The van der Waals surface area contributed by atoms with Gasteiger partial charge in [-0.15, -0.1) is 6.58 Å². The Kier molecular flexibility index (Phi) is 5.71. The highest BCUT2D eigenvalue weighted by atomic mass is 16.4. The van der Waals surface area contributed by atoms with E-state index in [0.29, 0.717) is 31.9 Å². The minimum atomic E-state index is -0.727. The molecule has 0 amide bonds. The molecule has 2 rings (SSSR count). The maximum absolute atomic E-state index is 11.7. The highest BCUT2D eigenvalue weighted by Gasteiger charge is 2.41. The average molecular weight is 318 g/mol. The second kappa shape index (κ2) is 7.55. The number of carboxylic acid groups (broad SMARTS) is 1. The molecule has 1 fully saturated rings. The molecule has 6 nitrogen and oxygen atoms in total. The Labute approximate surface area is 137 Å². The van der Waals surface area contributed by atoms with Crippen LogP contribution < -0.4 is 5.32 Å². The van der Waals surface area contributed by atoms with Crippen LogP contribution in [0.4, 0.5) is 5.95 Å². The normalized spacial score (nSPS) is 22.0. The predicted octanol–water partition coefficient (Wildman–Crippen LogP) is 2.54. The number of piperidine rings is 1. The molecule has 1 atom stereocenters. The lowest BCUT2D eigenvalue weighted by molar-refractivity contribution is -0.152. The Morgan fingerprint density at radius 3 is 2.78 bits per heavy atom. The standard InChI is InChI=1S/C17H26N4O2/c1-4-6-17(15(22)23)7-5-8-21(12-17)11-14-9-18-16(19-10-14)20-13(2)3/h4,9-10,13H,1,5-8,11-12H2,2-3H3,(H,22,23)(H,18,19,20)/t17-/m1/s1. The Bertz CT molecular complexity index is 544. The number of hydrogen-bond acceptors (Lipinski definition) is 5. The molecule has 2 heterocycles. The fourth-order valence-corrected chi connectivity index (χ4v) is 3.09. The molecule has 0 unspecified atom stereocenters. The zero-order valence-electron chi connectivity index (χ0n) is 14.0. The number of allylic oxidation sites excluding steroid dienone is 1. The van der Waals surface area contributed by atoms with Crippen molar-refractivity contribution in [2.75, 3.05) is 18.4 Å². The van der Waals surface area contributed by atoms with E-state index in [0.717, 1.165) is 18.5 Å². The fraction of sp³-hybridized carbons (Fsp3) is 0.588. The van der Waals surface area contributed by atoms with Crippen molar-refractivity contribution in [2.45, 2.75) is 45.7 Å². The van der Waals surface area contributed by atoms with E-state index in [-0.39, 0.29) is 6.04 Å². The maximum atomic E-state index is 11.7. The molecular formula is C17H26N4O2. The third kappa shape index (κ3) is 4.51. The van der Waals surface area contributed by atoms with Gasteiger partial charge in [-0.05, 0) is 39.7 Å². The van der Waals surface area contributed by atoms with Gasteiger partial charge in [0.25, 0.3) is 0 Å². The highest BCUT2D eigenvalue weighted by Crippen LogP contribution is 2.34. The van der Waals surface area contributed by atoms with Crippen molar-refractivity contribution in [3.8, 4) is 0 Å². The Morgan fingerprint density at radius 1 is 1.52 bits per heavy atom. The van der Waals surface area contributed by atoms with E-state index in [1.807, 2.05) is 26.2 Å². The van der Waals surface area contributed by atoms with E-state index in [9.17, 15) is 9.90 Å². The molecule has 0 saturated carbocycles. The van der Waals surface area contributed by atoms with Gasteiger partial charge < -0.3 is 10.4 Å². The zero-order valence-corrected chi connectivity index (χ0v) is 14.0. The van der Waals surface area contributed by atoms with Crippen molar-refractivity contribution in [1.29, 1.82) is 0 Å². The largest absolute Gasteiger partial charge is 0.481 e. The van der Waals surface area contributed by atoms with Gasteiger partial charge in [0, 0.05) is 37.1 Å². The quantitative estimate of drug-likeness (QED) is 0.752. The second-order valence-corrected chi connectivity index (χ2v) is 6.61. The molecule has 1 aliphatic rings. The molecule has 0 radical (unpaired) electrons. The minimum absolute atomic E-state index is 0.290. The first kappa shape index (κ1) is 17.4. The summed E-state index contributed by atoms with van der Waals surface area (Å²) >= 11 is 0. The molecule has 0 aromatic carbocycles. The molecule has 1 aromatic heterocycles. The Hall–Kier alpha value is -1.95. The number of nitrogens with one attached hydrogen (secondary N) is 1. The van der Waals surface area contributed by atoms with Crippen molar-refractivity contribution >= 4 is 11.9 Å². The van der Waals surface area contributed by atoms with Crippen LogP contribution in [0.15, 0.2) is 25.0 Å². The number of nitrogens with zero attached hydrogens (tertiary/aromatic N) is 3. The smallest absolute Gasteiger partial charge is 0.311 e. The molecule has 0 bridgehead atoms. The van der Waals surface area contributed by atoms with Crippen LogP contribution in [0.25, 0.3) is 0 Å². The number of hydrogen-bond donors (Lipinski definition) is 2. The molecule has 0 aliphatic carbocycles. The number of carboxylic acids is 1. The molecule has 6 heteroatoms. The molecule has 2 N–H and O–H groups in total. The number of rotatable bonds is 7. The molecule has 1 aliphatic heterocycles. The molecule has 1 aromatic rings. The van der Waals surface area contributed by atoms with E-state index in [1.54, 1.807) is 6.08 Å². The lowest BCUT2D eigenvalue weighted by Gasteiger charge is -2.39. The SMILES string of the molecule is C=CC[C@@]1(C(=O)O)CCCN(Cc2cnc(NC(C)C)nc2)C1. The number of aromatic nitrogens is 2. The Morgan fingerprint density at radius 2 is 2.22 bits per heavy atom. The van der Waals surface area contributed by atoms with E-state index in [1.165, 1.54) is 0 Å².